The van der Waals surface area contributed by atoms with Crippen LogP contribution in [0.4, 0.5) is 0 Å². The second-order valence-electron chi connectivity index (χ2n) is 4.82. The first-order valence-electron chi connectivity index (χ1n) is 6.70. The highest BCUT2D eigenvalue weighted by atomic mass is 16.1. The summed E-state index contributed by atoms with van der Waals surface area (Å²) in [6.07, 6.45) is 1.77. The second kappa shape index (κ2) is 4.97. The number of aromatic nitrogens is 2. The fourth-order valence-corrected chi connectivity index (χ4v) is 2.40. The first-order chi connectivity index (χ1) is 9.28. The van der Waals surface area contributed by atoms with Crippen molar-refractivity contribution in [1.29, 1.82) is 0 Å². The van der Waals surface area contributed by atoms with Gasteiger partial charge in [0.15, 0.2) is 0 Å². The molecular weight excluding hydrogens is 238 g/mol. The molecule has 0 aliphatic carbocycles. The van der Waals surface area contributed by atoms with Gasteiger partial charge in [0.1, 0.15) is 5.82 Å². The predicted molar refractivity (Wildman–Crippen MR) is 75.1 cm³/mol. The molecule has 98 valence electrons. The van der Waals surface area contributed by atoms with Gasteiger partial charge < -0.3 is 10.3 Å². The monoisotopic (exact) mass is 255 g/mol. The van der Waals surface area contributed by atoms with Crippen molar-refractivity contribution in [2.45, 2.75) is 26.3 Å². The molecule has 0 saturated carbocycles. The Labute approximate surface area is 111 Å². The number of hydrogen-bond acceptors (Lipinski definition) is 3. The highest BCUT2D eigenvalue weighted by Crippen LogP contribution is 2.17. The van der Waals surface area contributed by atoms with Crippen LogP contribution in [0.1, 0.15) is 23.7 Å². The Hall–Kier alpha value is -1.94. The number of nitrogens with zero attached hydrogens (tertiary/aromatic N) is 1. The lowest BCUT2D eigenvalue weighted by Gasteiger charge is -2.15. The Morgan fingerprint density at radius 3 is 2.79 bits per heavy atom. The second-order valence-corrected chi connectivity index (χ2v) is 4.82. The fraction of sp³-hybridized carbons (Fsp3) is 0.333. The Morgan fingerprint density at radius 2 is 2.05 bits per heavy atom. The van der Waals surface area contributed by atoms with Crippen molar-refractivity contribution in [2.24, 2.45) is 0 Å². The zero-order chi connectivity index (χ0) is 13.2. The molecule has 0 amide bonds. The van der Waals surface area contributed by atoms with Crippen molar-refractivity contribution < 1.29 is 0 Å². The molecule has 0 spiro atoms. The van der Waals surface area contributed by atoms with Gasteiger partial charge in [-0.05, 0) is 24.9 Å². The fourth-order valence-electron chi connectivity index (χ4n) is 2.40. The van der Waals surface area contributed by atoms with E-state index < -0.39 is 0 Å². The molecule has 2 N–H and O–H groups in total. The van der Waals surface area contributed by atoms with E-state index in [2.05, 4.69) is 34.3 Å². The van der Waals surface area contributed by atoms with Crippen LogP contribution in [0.15, 0.2) is 29.1 Å². The summed E-state index contributed by atoms with van der Waals surface area (Å²) in [5.41, 5.74) is 3.95. The molecule has 4 heteroatoms. The number of rotatable bonds is 2. The average molecular weight is 255 g/mol. The van der Waals surface area contributed by atoms with E-state index in [-0.39, 0.29) is 5.56 Å². The number of H-pyrrole nitrogens is 1. The number of nitrogens with one attached hydrogen (secondary N) is 2. The van der Waals surface area contributed by atoms with Crippen LogP contribution in [0, 0.1) is 0 Å². The van der Waals surface area contributed by atoms with Gasteiger partial charge in [0.05, 0.1) is 5.69 Å². The number of hydrogen-bond donors (Lipinski definition) is 2. The standard InChI is InChI=1S/C15H17N3O/c1-2-10-3-5-11(6-4-10)14-17-13-9-16-8-7-12(13)15(19)18-14/h3-6,16H,2,7-9H2,1H3,(H,17,18,19). The summed E-state index contributed by atoms with van der Waals surface area (Å²) >= 11 is 0. The molecule has 3 rings (SSSR count). The van der Waals surface area contributed by atoms with Crippen molar-refractivity contribution in [3.8, 4) is 11.4 Å². The van der Waals surface area contributed by atoms with Gasteiger partial charge in [0, 0.05) is 17.7 Å². The van der Waals surface area contributed by atoms with Crippen molar-refractivity contribution in [3.05, 3.63) is 51.4 Å². The minimum Gasteiger partial charge on any atom is -0.311 e. The highest BCUT2D eigenvalue weighted by Gasteiger charge is 2.15. The van der Waals surface area contributed by atoms with E-state index in [0.717, 1.165) is 36.2 Å². The molecule has 19 heavy (non-hydrogen) atoms. The topological polar surface area (TPSA) is 57.8 Å². The minimum absolute atomic E-state index is 0.000989. The molecule has 1 aliphatic heterocycles. The Kier molecular flexibility index (Phi) is 3.17. The molecule has 0 atom stereocenters. The van der Waals surface area contributed by atoms with Gasteiger partial charge in [0.2, 0.25) is 0 Å². The maximum atomic E-state index is 12.1. The summed E-state index contributed by atoms with van der Waals surface area (Å²) in [6.45, 7) is 3.65. The normalized spacial score (nSPS) is 14.2. The van der Waals surface area contributed by atoms with E-state index in [0.29, 0.717) is 12.4 Å². The van der Waals surface area contributed by atoms with Gasteiger partial charge >= 0.3 is 0 Å². The van der Waals surface area contributed by atoms with Crippen LogP contribution in [0.2, 0.25) is 0 Å². The third kappa shape index (κ3) is 2.31. The van der Waals surface area contributed by atoms with E-state index in [4.69, 9.17) is 0 Å². The van der Waals surface area contributed by atoms with Crippen molar-refractivity contribution in [1.82, 2.24) is 15.3 Å². The lowest BCUT2D eigenvalue weighted by molar-refractivity contribution is 0.619. The van der Waals surface area contributed by atoms with E-state index >= 15 is 0 Å². The summed E-state index contributed by atoms with van der Waals surface area (Å²) in [5.74, 6) is 0.662. The Morgan fingerprint density at radius 1 is 1.26 bits per heavy atom. The van der Waals surface area contributed by atoms with Crippen molar-refractivity contribution >= 4 is 0 Å². The molecule has 0 fully saturated rings. The van der Waals surface area contributed by atoms with Crippen LogP contribution in [0.3, 0.4) is 0 Å². The molecule has 1 aliphatic rings. The summed E-state index contributed by atoms with van der Waals surface area (Å²) in [6, 6.07) is 8.18. The quantitative estimate of drug-likeness (QED) is 0.857. The minimum atomic E-state index is 0.000989. The summed E-state index contributed by atoms with van der Waals surface area (Å²) in [5, 5.41) is 3.25. The molecule has 1 aromatic carbocycles. The van der Waals surface area contributed by atoms with Gasteiger partial charge in [-0.3, -0.25) is 4.79 Å². The lowest BCUT2D eigenvalue weighted by atomic mass is 10.1. The zero-order valence-corrected chi connectivity index (χ0v) is 11.0. The van der Waals surface area contributed by atoms with Crippen LogP contribution in [0.25, 0.3) is 11.4 Å². The molecule has 0 saturated heterocycles. The molecule has 4 nitrogen and oxygen atoms in total. The van der Waals surface area contributed by atoms with Crippen LogP contribution in [-0.4, -0.2) is 16.5 Å². The lowest BCUT2D eigenvalue weighted by Crippen LogP contribution is -2.31. The molecule has 0 radical (unpaired) electrons. The first kappa shape index (κ1) is 12.1. The average Bonchev–Trinajstić information content (AvgIpc) is 2.47. The Bertz CT molecular complexity index is 643. The number of aromatic amines is 1. The SMILES string of the molecule is CCc1ccc(-c2nc3c(c(=O)[nH]2)CCNC3)cc1. The van der Waals surface area contributed by atoms with Crippen LogP contribution in [0.5, 0.6) is 0 Å². The number of benzene rings is 1. The third-order valence-electron chi connectivity index (χ3n) is 3.58. The molecule has 0 unspecified atom stereocenters. The summed E-state index contributed by atoms with van der Waals surface area (Å²) in [7, 11) is 0. The van der Waals surface area contributed by atoms with Crippen LogP contribution >= 0.6 is 0 Å². The van der Waals surface area contributed by atoms with Crippen molar-refractivity contribution in [2.75, 3.05) is 6.54 Å². The maximum Gasteiger partial charge on any atom is 0.254 e. The largest absolute Gasteiger partial charge is 0.311 e. The van der Waals surface area contributed by atoms with E-state index in [9.17, 15) is 4.79 Å². The van der Waals surface area contributed by atoms with Gasteiger partial charge in [-0.1, -0.05) is 31.2 Å². The zero-order valence-electron chi connectivity index (χ0n) is 11.0. The first-order valence-corrected chi connectivity index (χ1v) is 6.70. The maximum absolute atomic E-state index is 12.1. The molecule has 2 heterocycles. The number of aryl methyl sites for hydroxylation is 1. The predicted octanol–water partition coefficient (Wildman–Crippen LogP) is 1.64. The van der Waals surface area contributed by atoms with Crippen LogP contribution < -0.4 is 10.9 Å². The molecule has 0 bridgehead atoms. The van der Waals surface area contributed by atoms with Crippen molar-refractivity contribution in [3.63, 3.8) is 0 Å². The third-order valence-corrected chi connectivity index (χ3v) is 3.58. The van der Waals surface area contributed by atoms with E-state index in [1.54, 1.807) is 0 Å². The molecule has 2 aromatic rings. The molecular formula is C15H17N3O. The smallest absolute Gasteiger partial charge is 0.254 e. The highest BCUT2D eigenvalue weighted by molar-refractivity contribution is 5.55. The molecule has 1 aromatic heterocycles. The van der Waals surface area contributed by atoms with Gasteiger partial charge in [-0.15, -0.1) is 0 Å². The van der Waals surface area contributed by atoms with Crippen LogP contribution in [-0.2, 0) is 19.4 Å². The summed E-state index contributed by atoms with van der Waals surface area (Å²) in [4.78, 5) is 19.5. The summed E-state index contributed by atoms with van der Waals surface area (Å²) < 4.78 is 0. The van der Waals surface area contributed by atoms with E-state index in [1.807, 2.05) is 12.1 Å². The van der Waals surface area contributed by atoms with Gasteiger partial charge in [-0.2, -0.15) is 0 Å². The number of fused-ring (bicyclic) bond motifs is 1. The van der Waals surface area contributed by atoms with Gasteiger partial charge in [-0.25, -0.2) is 4.98 Å². The van der Waals surface area contributed by atoms with Gasteiger partial charge in [0.25, 0.3) is 5.56 Å². The van der Waals surface area contributed by atoms with E-state index in [1.165, 1.54) is 5.56 Å². The Balaban J connectivity index is 2.05.